The van der Waals surface area contributed by atoms with Crippen LogP contribution in [0.25, 0.3) is 0 Å². The van der Waals surface area contributed by atoms with Gasteiger partial charge in [0.25, 0.3) is 0 Å². The van der Waals surface area contributed by atoms with E-state index >= 15 is 0 Å². The maximum atomic E-state index is 11.5. The highest BCUT2D eigenvalue weighted by Crippen LogP contribution is 2.07. The molecule has 0 aromatic carbocycles. The molecule has 7 nitrogen and oxygen atoms in total. The summed E-state index contributed by atoms with van der Waals surface area (Å²) >= 11 is 1.55. The van der Waals surface area contributed by atoms with Crippen molar-refractivity contribution in [1.82, 2.24) is 25.3 Å². The fourth-order valence-electron chi connectivity index (χ4n) is 1.23. The Kier molecular flexibility index (Phi) is 3.33. The number of thiazole rings is 1. The summed E-state index contributed by atoms with van der Waals surface area (Å²) in [6.45, 7) is 2.32. The van der Waals surface area contributed by atoms with E-state index in [1.165, 1.54) is 4.68 Å². The van der Waals surface area contributed by atoms with E-state index in [0.29, 0.717) is 12.4 Å². The summed E-state index contributed by atoms with van der Waals surface area (Å²) in [4.78, 5) is 15.7. The van der Waals surface area contributed by atoms with E-state index in [1.807, 2.05) is 12.3 Å². The van der Waals surface area contributed by atoms with Gasteiger partial charge in [-0.25, -0.2) is 9.78 Å². The lowest BCUT2D eigenvalue weighted by Crippen LogP contribution is -2.28. The number of amides is 2. The fraction of sp³-hybridized carbons (Fsp3) is 0.333. The van der Waals surface area contributed by atoms with Crippen molar-refractivity contribution in [3.05, 3.63) is 22.3 Å². The number of aryl methyl sites for hydroxylation is 2. The number of aromatic nitrogens is 4. The van der Waals surface area contributed by atoms with Gasteiger partial charge in [0.15, 0.2) is 5.82 Å². The number of nitrogens with zero attached hydrogens (tertiary/aromatic N) is 4. The zero-order valence-corrected chi connectivity index (χ0v) is 10.3. The Hall–Kier alpha value is -1.96. The molecule has 0 saturated heterocycles. The zero-order valence-electron chi connectivity index (χ0n) is 9.47. The minimum absolute atomic E-state index is 0.323. The average molecular weight is 252 g/mol. The smallest absolute Gasteiger partial charge is 0.320 e. The normalized spacial score (nSPS) is 10.2. The van der Waals surface area contributed by atoms with E-state index in [0.717, 1.165) is 10.7 Å². The Morgan fingerprint density at radius 2 is 2.41 bits per heavy atom. The molecule has 0 aliphatic rings. The number of hydrogen-bond acceptors (Lipinski definition) is 5. The number of carbonyl (C=O) groups excluding carboxylic acids is 1. The predicted octanol–water partition coefficient (Wildman–Crippen LogP) is 0.902. The molecule has 0 saturated carbocycles. The second kappa shape index (κ2) is 4.91. The van der Waals surface area contributed by atoms with Crippen molar-refractivity contribution in [2.45, 2.75) is 13.5 Å². The first-order chi connectivity index (χ1) is 8.13. The van der Waals surface area contributed by atoms with Gasteiger partial charge < -0.3 is 5.32 Å². The summed E-state index contributed by atoms with van der Waals surface area (Å²) in [5.74, 6) is 0.416. The highest BCUT2D eigenvalue weighted by Gasteiger charge is 2.05. The third kappa shape index (κ3) is 3.25. The molecular weight excluding hydrogens is 240 g/mol. The van der Waals surface area contributed by atoms with Gasteiger partial charge in [-0.15, -0.1) is 16.4 Å². The van der Waals surface area contributed by atoms with Crippen molar-refractivity contribution in [2.75, 3.05) is 5.32 Å². The largest absolute Gasteiger partial charge is 0.332 e. The Morgan fingerprint density at radius 3 is 3.00 bits per heavy atom. The highest BCUT2D eigenvalue weighted by atomic mass is 32.1. The molecular formula is C9H12N6OS. The number of carbonyl (C=O) groups is 1. The topological polar surface area (TPSA) is 84.7 Å². The average Bonchev–Trinajstić information content (AvgIpc) is 2.85. The Labute approximate surface area is 102 Å². The molecule has 2 aromatic rings. The van der Waals surface area contributed by atoms with Gasteiger partial charge in [-0.2, -0.15) is 0 Å². The van der Waals surface area contributed by atoms with Crippen molar-refractivity contribution in [3.8, 4) is 0 Å². The maximum Gasteiger partial charge on any atom is 0.320 e. The molecule has 2 rings (SSSR count). The lowest BCUT2D eigenvalue weighted by atomic mass is 10.5. The van der Waals surface area contributed by atoms with Crippen molar-refractivity contribution in [3.63, 3.8) is 0 Å². The molecule has 0 aliphatic carbocycles. The quantitative estimate of drug-likeness (QED) is 0.850. The summed E-state index contributed by atoms with van der Waals surface area (Å²) in [6.07, 6.45) is 1.62. The van der Waals surface area contributed by atoms with Gasteiger partial charge >= 0.3 is 6.03 Å². The molecule has 90 valence electrons. The minimum Gasteiger partial charge on any atom is -0.332 e. The van der Waals surface area contributed by atoms with E-state index < -0.39 is 0 Å². The molecule has 8 heteroatoms. The van der Waals surface area contributed by atoms with Crippen molar-refractivity contribution >= 4 is 23.2 Å². The standard InChI is InChI=1S/C9H12N6OS/c1-6-11-7(5-17-6)3-10-9(16)12-8-4-15(2)14-13-8/h4-5H,3H2,1-2H3,(H2,10,12,16). The molecule has 2 heterocycles. The first-order valence-corrected chi connectivity index (χ1v) is 5.83. The molecule has 2 aromatic heterocycles. The van der Waals surface area contributed by atoms with Gasteiger partial charge in [0.2, 0.25) is 0 Å². The van der Waals surface area contributed by atoms with E-state index in [1.54, 1.807) is 24.6 Å². The first kappa shape index (κ1) is 11.5. The monoisotopic (exact) mass is 252 g/mol. The van der Waals surface area contributed by atoms with Crippen molar-refractivity contribution < 1.29 is 4.79 Å². The van der Waals surface area contributed by atoms with Crippen LogP contribution in [0.15, 0.2) is 11.6 Å². The molecule has 0 aliphatic heterocycles. The van der Waals surface area contributed by atoms with E-state index in [-0.39, 0.29) is 6.03 Å². The number of hydrogen-bond donors (Lipinski definition) is 2. The van der Waals surface area contributed by atoms with Gasteiger partial charge in [0.05, 0.1) is 23.4 Å². The third-order valence-electron chi connectivity index (χ3n) is 1.94. The van der Waals surface area contributed by atoms with E-state index in [2.05, 4.69) is 25.9 Å². The van der Waals surface area contributed by atoms with Gasteiger partial charge in [-0.3, -0.25) is 10.00 Å². The molecule has 0 unspecified atom stereocenters. The number of urea groups is 1. The summed E-state index contributed by atoms with van der Waals surface area (Å²) in [7, 11) is 1.73. The molecule has 2 N–H and O–H groups in total. The van der Waals surface area contributed by atoms with Crippen LogP contribution in [0.4, 0.5) is 10.6 Å². The number of nitrogens with one attached hydrogen (secondary N) is 2. The van der Waals surface area contributed by atoms with E-state index in [9.17, 15) is 4.79 Å². The highest BCUT2D eigenvalue weighted by molar-refractivity contribution is 7.09. The number of rotatable bonds is 3. The van der Waals surface area contributed by atoms with Gasteiger partial charge in [0.1, 0.15) is 0 Å². The summed E-state index contributed by atoms with van der Waals surface area (Å²) in [6, 6.07) is -0.323. The molecule has 0 bridgehead atoms. The molecule has 0 spiro atoms. The van der Waals surface area contributed by atoms with Crippen LogP contribution in [0.1, 0.15) is 10.7 Å². The lowest BCUT2D eigenvalue weighted by molar-refractivity contribution is 0.251. The Morgan fingerprint density at radius 1 is 1.59 bits per heavy atom. The Bertz CT molecular complexity index is 519. The van der Waals surface area contributed by atoms with Crippen LogP contribution in [0.2, 0.25) is 0 Å². The first-order valence-electron chi connectivity index (χ1n) is 4.95. The van der Waals surface area contributed by atoms with Crippen LogP contribution in [0.5, 0.6) is 0 Å². The molecule has 0 fully saturated rings. The van der Waals surface area contributed by atoms with Crippen LogP contribution in [-0.4, -0.2) is 26.0 Å². The van der Waals surface area contributed by atoms with Gasteiger partial charge in [0, 0.05) is 12.4 Å². The second-order valence-corrected chi connectivity index (χ2v) is 4.51. The summed E-state index contributed by atoms with van der Waals surface area (Å²) in [5.41, 5.74) is 0.849. The maximum absolute atomic E-state index is 11.5. The van der Waals surface area contributed by atoms with Crippen molar-refractivity contribution in [2.24, 2.45) is 7.05 Å². The molecule has 17 heavy (non-hydrogen) atoms. The SMILES string of the molecule is Cc1nc(CNC(=O)Nc2cn(C)nn2)cs1. The molecule has 0 radical (unpaired) electrons. The number of anilines is 1. The minimum atomic E-state index is -0.323. The predicted molar refractivity (Wildman–Crippen MR) is 63.7 cm³/mol. The summed E-state index contributed by atoms with van der Waals surface area (Å²) < 4.78 is 1.51. The zero-order chi connectivity index (χ0) is 12.3. The van der Waals surface area contributed by atoms with Crippen LogP contribution in [0.3, 0.4) is 0 Å². The summed E-state index contributed by atoms with van der Waals surface area (Å²) in [5, 5.41) is 15.6. The lowest BCUT2D eigenvalue weighted by Gasteiger charge is -2.02. The van der Waals surface area contributed by atoms with Crippen LogP contribution in [0, 0.1) is 6.92 Å². The fourth-order valence-corrected chi connectivity index (χ4v) is 1.84. The van der Waals surface area contributed by atoms with Crippen LogP contribution in [-0.2, 0) is 13.6 Å². The molecule has 0 atom stereocenters. The van der Waals surface area contributed by atoms with Crippen LogP contribution >= 0.6 is 11.3 Å². The van der Waals surface area contributed by atoms with E-state index in [4.69, 9.17) is 0 Å². The molecule has 2 amide bonds. The van der Waals surface area contributed by atoms with Crippen LogP contribution < -0.4 is 10.6 Å². The van der Waals surface area contributed by atoms with Crippen molar-refractivity contribution in [1.29, 1.82) is 0 Å². The Balaban J connectivity index is 1.82. The van der Waals surface area contributed by atoms with Gasteiger partial charge in [-0.1, -0.05) is 5.21 Å². The second-order valence-electron chi connectivity index (χ2n) is 3.44. The third-order valence-corrected chi connectivity index (χ3v) is 2.76. The van der Waals surface area contributed by atoms with Gasteiger partial charge in [-0.05, 0) is 6.92 Å².